The van der Waals surface area contributed by atoms with Crippen LogP contribution < -0.4 is 0 Å². The number of benzene rings is 1. The van der Waals surface area contributed by atoms with E-state index in [4.69, 9.17) is 11.6 Å². The summed E-state index contributed by atoms with van der Waals surface area (Å²) in [5.41, 5.74) is 3.39. The molecule has 3 nitrogen and oxygen atoms in total. The van der Waals surface area contributed by atoms with E-state index in [0.29, 0.717) is 10.6 Å². The lowest BCUT2D eigenvalue weighted by Crippen LogP contribution is -2.04. The molecule has 0 spiro atoms. The highest BCUT2D eigenvalue weighted by Crippen LogP contribution is 2.27. The van der Waals surface area contributed by atoms with Crippen LogP contribution in [0.3, 0.4) is 0 Å². The zero-order valence-electron chi connectivity index (χ0n) is 9.54. The minimum absolute atomic E-state index is 0.106. The van der Waals surface area contributed by atoms with Crippen LogP contribution in [0.4, 0.5) is 0 Å². The van der Waals surface area contributed by atoms with Gasteiger partial charge in [-0.15, -0.1) is 0 Å². The van der Waals surface area contributed by atoms with Crippen LogP contribution in [0.25, 0.3) is 5.69 Å². The Kier molecular flexibility index (Phi) is 3.56. The van der Waals surface area contributed by atoms with E-state index in [-0.39, 0.29) is 6.61 Å². The molecule has 0 aliphatic rings. The van der Waals surface area contributed by atoms with Crippen molar-refractivity contribution in [3.8, 4) is 5.69 Å². The van der Waals surface area contributed by atoms with Gasteiger partial charge < -0.3 is 5.11 Å². The van der Waals surface area contributed by atoms with E-state index in [1.807, 2.05) is 26.0 Å². The number of aliphatic hydroxyl groups is 1. The highest BCUT2D eigenvalue weighted by molar-refractivity contribution is 9.10. The topological polar surface area (TPSA) is 38.0 Å². The minimum Gasteiger partial charge on any atom is -0.392 e. The van der Waals surface area contributed by atoms with Gasteiger partial charge in [0.1, 0.15) is 0 Å². The molecule has 1 N–H and O–H groups in total. The fourth-order valence-electron chi connectivity index (χ4n) is 1.76. The van der Waals surface area contributed by atoms with Crippen LogP contribution >= 0.6 is 27.5 Å². The standard InChI is InChI=1S/C12H12BrClN2O/c1-7-12(13)8(2)16(15-7)11-5-3-4-10(14)9(11)6-17/h3-5,17H,6H2,1-2H3. The molecule has 0 saturated carbocycles. The SMILES string of the molecule is Cc1nn(-c2cccc(Cl)c2CO)c(C)c1Br. The van der Waals surface area contributed by atoms with Gasteiger partial charge in [0.2, 0.25) is 0 Å². The third-order valence-electron chi connectivity index (χ3n) is 2.68. The maximum absolute atomic E-state index is 9.39. The van der Waals surface area contributed by atoms with Crippen molar-refractivity contribution in [1.82, 2.24) is 9.78 Å². The van der Waals surface area contributed by atoms with Gasteiger partial charge in [0.05, 0.1) is 28.2 Å². The fraction of sp³-hybridized carbons (Fsp3) is 0.250. The molecule has 1 heterocycles. The second-order valence-corrected chi connectivity index (χ2v) is 4.99. The maximum Gasteiger partial charge on any atom is 0.0743 e. The van der Waals surface area contributed by atoms with Gasteiger partial charge in [0.15, 0.2) is 0 Å². The fourth-order valence-corrected chi connectivity index (χ4v) is 2.24. The van der Waals surface area contributed by atoms with Crippen LogP contribution in [0.15, 0.2) is 22.7 Å². The van der Waals surface area contributed by atoms with E-state index in [0.717, 1.165) is 21.5 Å². The zero-order valence-corrected chi connectivity index (χ0v) is 11.9. The molecule has 0 bridgehead atoms. The Labute approximate surface area is 113 Å². The summed E-state index contributed by atoms with van der Waals surface area (Å²) in [6.07, 6.45) is 0. The van der Waals surface area contributed by atoms with Crippen molar-refractivity contribution >= 4 is 27.5 Å². The van der Waals surface area contributed by atoms with Crippen molar-refractivity contribution in [2.45, 2.75) is 20.5 Å². The Morgan fingerprint density at radius 1 is 1.41 bits per heavy atom. The van der Waals surface area contributed by atoms with Gasteiger partial charge in [-0.25, -0.2) is 4.68 Å². The molecule has 0 atom stereocenters. The van der Waals surface area contributed by atoms with Gasteiger partial charge in [-0.05, 0) is 41.9 Å². The number of aliphatic hydroxyl groups excluding tert-OH is 1. The molecule has 0 radical (unpaired) electrons. The minimum atomic E-state index is -0.106. The van der Waals surface area contributed by atoms with Crippen molar-refractivity contribution in [3.05, 3.63) is 44.6 Å². The van der Waals surface area contributed by atoms with Crippen LogP contribution in [0, 0.1) is 13.8 Å². The summed E-state index contributed by atoms with van der Waals surface area (Å²) in [5.74, 6) is 0. The third-order valence-corrected chi connectivity index (χ3v) is 4.19. The lowest BCUT2D eigenvalue weighted by atomic mass is 10.2. The van der Waals surface area contributed by atoms with Crippen LogP contribution in [-0.4, -0.2) is 14.9 Å². The quantitative estimate of drug-likeness (QED) is 0.922. The molecule has 90 valence electrons. The molecule has 2 rings (SSSR count). The number of nitrogens with zero attached hydrogens (tertiary/aromatic N) is 2. The smallest absolute Gasteiger partial charge is 0.0743 e. The molecule has 1 aromatic heterocycles. The summed E-state index contributed by atoms with van der Waals surface area (Å²) in [7, 11) is 0. The van der Waals surface area contributed by atoms with E-state index in [1.165, 1.54) is 0 Å². The summed E-state index contributed by atoms with van der Waals surface area (Å²) in [4.78, 5) is 0. The molecule has 5 heteroatoms. The Balaban J connectivity index is 2.68. The number of aromatic nitrogens is 2. The second kappa shape index (κ2) is 4.80. The second-order valence-electron chi connectivity index (χ2n) is 3.79. The Morgan fingerprint density at radius 2 is 2.12 bits per heavy atom. The predicted molar refractivity (Wildman–Crippen MR) is 71.7 cm³/mol. The molecular weight excluding hydrogens is 304 g/mol. The first-order valence-electron chi connectivity index (χ1n) is 5.16. The molecular formula is C12H12BrClN2O. The average Bonchev–Trinajstić information content (AvgIpc) is 2.56. The van der Waals surface area contributed by atoms with Crippen LogP contribution in [-0.2, 0) is 6.61 Å². The Morgan fingerprint density at radius 3 is 2.65 bits per heavy atom. The molecule has 0 saturated heterocycles. The molecule has 17 heavy (non-hydrogen) atoms. The van der Waals surface area contributed by atoms with Gasteiger partial charge in [0.25, 0.3) is 0 Å². The van der Waals surface area contributed by atoms with Crippen molar-refractivity contribution in [2.24, 2.45) is 0 Å². The maximum atomic E-state index is 9.39. The molecule has 0 aliphatic carbocycles. The normalized spacial score (nSPS) is 10.9. The highest BCUT2D eigenvalue weighted by Gasteiger charge is 2.14. The van der Waals surface area contributed by atoms with Crippen LogP contribution in [0.2, 0.25) is 5.02 Å². The molecule has 1 aromatic carbocycles. The van der Waals surface area contributed by atoms with Gasteiger partial charge in [0, 0.05) is 10.6 Å². The third kappa shape index (κ3) is 2.12. The van der Waals surface area contributed by atoms with Crippen molar-refractivity contribution in [2.75, 3.05) is 0 Å². The first kappa shape index (κ1) is 12.6. The number of hydrogen-bond donors (Lipinski definition) is 1. The van der Waals surface area contributed by atoms with Gasteiger partial charge in [-0.1, -0.05) is 17.7 Å². The molecule has 2 aromatic rings. The lowest BCUT2D eigenvalue weighted by Gasteiger charge is -2.10. The van der Waals surface area contributed by atoms with E-state index in [1.54, 1.807) is 10.7 Å². The van der Waals surface area contributed by atoms with Crippen molar-refractivity contribution in [3.63, 3.8) is 0 Å². The van der Waals surface area contributed by atoms with Crippen molar-refractivity contribution < 1.29 is 5.11 Å². The number of halogens is 2. The van der Waals surface area contributed by atoms with E-state index in [9.17, 15) is 5.11 Å². The van der Waals surface area contributed by atoms with Gasteiger partial charge >= 0.3 is 0 Å². The largest absolute Gasteiger partial charge is 0.392 e. The molecule has 0 aliphatic heterocycles. The highest BCUT2D eigenvalue weighted by atomic mass is 79.9. The van der Waals surface area contributed by atoms with Crippen LogP contribution in [0.5, 0.6) is 0 Å². The summed E-state index contributed by atoms with van der Waals surface area (Å²) < 4.78 is 2.76. The first-order chi connectivity index (χ1) is 8.06. The van der Waals surface area contributed by atoms with Gasteiger partial charge in [-0.2, -0.15) is 5.10 Å². The monoisotopic (exact) mass is 314 g/mol. The first-order valence-corrected chi connectivity index (χ1v) is 6.33. The Hall–Kier alpha value is -0.840. The molecule has 0 amide bonds. The zero-order chi connectivity index (χ0) is 12.6. The van der Waals surface area contributed by atoms with Gasteiger partial charge in [-0.3, -0.25) is 0 Å². The number of hydrogen-bond acceptors (Lipinski definition) is 2. The van der Waals surface area contributed by atoms with E-state index >= 15 is 0 Å². The van der Waals surface area contributed by atoms with E-state index in [2.05, 4.69) is 21.0 Å². The molecule has 0 fully saturated rings. The summed E-state index contributed by atoms with van der Waals surface area (Å²) in [6, 6.07) is 5.50. The number of aryl methyl sites for hydroxylation is 1. The summed E-state index contributed by atoms with van der Waals surface area (Å²) in [6.45, 7) is 3.79. The van der Waals surface area contributed by atoms with E-state index < -0.39 is 0 Å². The van der Waals surface area contributed by atoms with Crippen LogP contribution in [0.1, 0.15) is 17.0 Å². The molecule has 0 unspecified atom stereocenters. The Bertz CT molecular complexity index is 566. The summed E-state index contributed by atoms with van der Waals surface area (Å²) in [5, 5.41) is 14.4. The average molecular weight is 316 g/mol. The lowest BCUT2D eigenvalue weighted by molar-refractivity contribution is 0.281. The van der Waals surface area contributed by atoms with Crippen molar-refractivity contribution in [1.29, 1.82) is 0 Å². The number of rotatable bonds is 2. The predicted octanol–water partition coefficient (Wildman–Crippen LogP) is 3.40. The summed E-state index contributed by atoms with van der Waals surface area (Å²) >= 11 is 9.55.